The van der Waals surface area contributed by atoms with Gasteiger partial charge in [-0.1, -0.05) is 13.3 Å². The largest absolute Gasteiger partial charge is 0.628 e. The Bertz CT molecular complexity index is 344. The van der Waals surface area contributed by atoms with E-state index in [0.717, 1.165) is 5.01 Å². The predicted octanol–water partition coefficient (Wildman–Crippen LogP) is -0.188. The third-order valence-corrected chi connectivity index (χ3v) is 2.03. The van der Waals surface area contributed by atoms with Crippen molar-refractivity contribution in [3.05, 3.63) is 33.2 Å². The molecule has 0 spiro atoms. The lowest BCUT2D eigenvalue weighted by molar-refractivity contribution is -0.425. The summed E-state index contributed by atoms with van der Waals surface area (Å²) in [5.74, 6) is -1.30. The molecule has 84 valence electrons. The van der Waals surface area contributed by atoms with E-state index in [9.17, 15) is 15.2 Å². The minimum Gasteiger partial charge on any atom is -0.628 e. The smallest absolute Gasteiger partial charge is 0.316 e. The van der Waals surface area contributed by atoms with Gasteiger partial charge in [0.25, 0.3) is 0 Å². The zero-order chi connectivity index (χ0) is 11.6. The highest BCUT2D eigenvalue weighted by Crippen LogP contribution is 2.26. The van der Waals surface area contributed by atoms with Gasteiger partial charge in [0.2, 0.25) is 0 Å². The van der Waals surface area contributed by atoms with Crippen LogP contribution in [0.2, 0.25) is 0 Å². The number of nitrogens with zero attached hydrogens (tertiary/aromatic N) is 2. The van der Waals surface area contributed by atoms with Crippen molar-refractivity contribution in [3.63, 3.8) is 0 Å². The molecule has 15 heavy (non-hydrogen) atoms. The lowest BCUT2D eigenvalue weighted by atomic mass is 10.2. The second-order valence-electron chi connectivity index (χ2n) is 3.16. The molecule has 0 atom stereocenters. The molecule has 1 aliphatic rings. The molecule has 0 saturated heterocycles. The van der Waals surface area contributed by atoms with Crippen LogP contribution in [-0.4, -0.2) is 22.1 Å². The van der Waals surface area contributed by atoms with Crippen LogP contribution in [0.25, 0.3) is 0 Å². The first-order valence-electron chi connectivity index (χ1n) is 4.47. The van der Waals surface area contributed by atoms with E-state index in [4.69, 9.17) is 5.11 Å². The Morgan fingerprint density at radius 3 is 2.67 bits per heavy atom. The van der Waals surface area contributed by atoms with Crippen LogP contribution in [-0.2, 0) is 0 Å². The highest BCUT2D eigenvalue weighted by atomic mass is 16.6. The van der Waals surface area contributed by atoms with Gasteiger partial charge in [-0.05, 0) is 6.42 Å². The van der Waals surface area contributed by atoms with Crippen LogP contribution < -0.4 is 10.5 Å². The highest BCUT2D eigenvalue weighted by Gasteiger charge is 2.34. The van der Waals surface area contributed by atoms with Crippen molar-refractivity contribution in [1.29, 1.82) is 0 Å². The number of likely N-dealkylation sites (N-methyl/N-ethyl adjacent to an activating group) is 1. The van der Waals surface area contributed by atoms with Gasteiger partial charge in [0.1, 0.15) is 5.70 Å². The van der Waals surface area contributed by atoms with E-state index < -0.39 is 10.9 Å². The maximum Gasteiger partial charge on any atom is 0.316 e. The van der Waals surface area contributed by atoms with Gasteiger partial charge in [0, 0.05) is 7.05 Å². The van der Waals surface area contributed by atoms with E-state index in [1.165, 1.54) is 7.05 Å². The molecule has 1 heterocycles. The fourth-order valence-corrected chi connectivity index (χ4v) is 1.48. The molecule has 0 amide bonds. The van der Waals surface area contributed by atoms with Crippen molar-refractivity contribution < 1.29 is 15.1 Å². The van der Waals surface area contributed by atoms with E-state index in [1.807, 2.05) is 6.92 Å². The van der Waals surface area contributed by atoms with E-state index in [1.54, 1.807) is 0 Å². The molecule has 0 fully saturated rings. The summed E-state index contributed by atoms with van der Waals surface area (Å²) in [6, 6.07) is 0. The summed E-state index contributed by atoms with van der Waals surface area (Å²) in [6.07, 6.45) is 1.16. The van der Waals surface area contributed by atoms with E-state index in [2.05, 4.69) is 5.43 Å². The number of aliphatic hydroxyl groups is 1. The average molecular weight is 214 g/mol. The number of aliphatic hydroxyl groups excluding tert-OH is 1. The molecule has 0 saturated carbocycles. The summed E-state index contributed by atoms with van der Waals surface area (Å²) in [5, 5.41) is 31.6. The summed E-state index contributed by atoms with van der Waals surface area (Å²) in [5.41, 5.74) is 2.36. The van der Waals surface area contributed by atoms with Gasteiger partial charge < -0.3 is 10.2 Å². The van der Waals surface area contributed by atoms with Gasteiger partial charge >= 0.3 is 5.70 Å². The molecule has 0 bridgehead atoms. The number of hydrogen-bond donors (Lipinski definition) is 2. The Labute approximate surface area is 86.4 Å². The normalized spacial score (nSPS) is 19.2. The quantitative estimate of drug-likeness (QED) is 0.383. The van der Waals surface area contributed by atoms with Crippen LogP contribution >= 0.6 is 0 Å². The number of allylic oxidation sites excluding steroid dienone is 1. The summed E-state index contributed by atoms with van der Waals surface area (Å²) in [7, 11) is 1.44. The number of hydrogen-bond acceptors (Lipinski definition) is 6. The van der Waals surface area contributed by atoms with Crippen LogP contribution in [0, 0.1) is 10.1 Å². The molecule has 2 N–H and O–H groups in total. The van der Waals surface area contributed by atoms with Crippen LogP contribution in [0.5, 0.6) is 0 Å². The molecule has 0 aromatic carbocycles. The summed E-state index contributed by atoms with van der Waals surface area (Å²) in [4.78, 5) is 10.1. The molecule has 0 aromatic rings. The highest BCUT2D eigenvalue weighted by molar-refractivity contribution is 5.32. The summed E-state index contributed by atoms with van der Waals surface area (Å²) < 4.78 is 0. The number of nitrogens with one attached hydrogen (secondary N) is 1. The van der Waals surface area contributed by atoms with Gasteiger partial charge in [-0.25, -0.2) is 0 Å². The zero-order valence-corrected chi connectivity index (χ0v) is 8.48. The van der Waals surface area contributed by atoms with Crippen LogP contribution in [0.4, 0.5) is 0 Å². The molecule has 7 nitrogen and oxygen atoms in total. The summed E-state index contributed by atoms with van der Waals surface area (Å²) >= 11 is 0. The lowest BCUT2D eigenvalue weighted by Crippen LogP contribution is -2.29. The van der Waals surface area contributed by atoms with Crippen molar-refractivity contribution in [3.8, 4) is 0 Å². The SMILES string of the molecule is CCCC1=C([N+](=O)[O-])C(=C([O-])O)N(C)N1. The molecule has 0 aromatic heterocycles. The van der Waals surface area contributed by atoms with Crippen molar-refractivity contribution in [1.82, 2.24) is 10.4 Å². The van der Waals surface area contributed by atoms with Crippen molar-refractivity contribution in [2.45, 2.75) is 19.8 Å². The van der Waals surface area contributed by atoms with Gasteiger partial charge in [-0.15, -0.1) is 0 Å². The Morgan fingerprint density at radius 2 is 2.27 bits per heavy atom. The predicted molar refractivity (Wildman–Crippen MR) is 49.5 cm³/mol. The van der Waals surface area contributed by atoms with Crippen molar-refractivity contribution in [2.24, 2.45) is 0 Å². The first kappa shape index (κ1) is 11.2. The molecule has 0 radical (unpaired) electrons. The fraction of sp³-hybridized carbons (Fsp3) is 0.500. The number of nitro groups is 1. The Hall–Kier alpha value is -1.92. The van der Waals surface area contributed by atoms with Gasteiger partial charge in [-0.3, -0.25) is 20.5 Å². The second kappa shape index (κ2) is 4.07. The standard InChI is InChI=1S/C8H13N3O4/c1-3-4-5-6(11(14)15)7(8(12)13)10(2)9-5/h9,12-13H,3-4H2,1-2H3/p-1. The fourth-order valence-electron chi connectivity index (χ4n) is 1.48. The van der Waals surface area contributed by atoms with Gasteiger partial charge in [0.05, 0.1) is 10.9 Å². The van der Waals surface area contributed by atoms with E-state index in [0.29, 0.717) is 18.5 Å². The average Bonchev–Trinajstić information content (AvgIpc) is 2.42. The molecule has 1 aliphatic heterocycles. The minimum atomic E-state index is -1.30. The molecular formula is C8H12N3O4-. The first-order chi connectivity index (χ1) is 6.99. The molecule has 1 rings (SSSR count). The van der Waals surface area contributed by atoms with Gasteiger partial charge in [-0.2, -0.15) is 0 Å². The Balaban J connectivity index is 3.20. The number of hydrazine groups is 1. The maximum atomic E-state index is 10.8. The number of rotatable bonds is 3. The van der Waals surface area contributed by atoms with E-state index in [-0.39, 0.29) is 11.4 Å². The van der Waals surface area contributed by atoms with Crippen molar-refractivity contribution in [2.75, 3.05) is 7.05 Å². The third kappa shape index (κ3) is 1.95. The molecular weight excluding hydrogens is 202 g/mol. The Kier molecular flexibility index (Phi) is 3.03. The van der Waals surface area contributed by atoms with Crippen LogP contribution in [0.1, 0.15) is 19.8 Å². The lowest BCUT2D eigenvalue weighted by Gasteiger charge is -2.16. The first-order valence-corrected chi connectivity index (χ1v) is 4.47. The monoisotopic (exact) mass is 214 g/mol. The maximum absolute atomic E-state index is 10.8. The topological polar surface area (TPSA) is 102 Å². The van der Waals surface area contributed by atoms with Crippen LogP contribution in [0.15, 0.2) is 23.0 Å². The third-order valence-electron chi connectivity index (χ3n) is 2.03. The van der Waals surface area contributed by atoms with Gasteiger partial charge in [0.15, 0.2) is 5.70 Å². The van der Waals surface area contributed by atoms with Crippen molar-refractivity contribution >= 4 is 0 Å². The molecule has 0 unspecified atom stereocenters. The molecule has 7 heteroatoms. The molecule has 0 aliphatic carbocycles. The zero-order valence-electron chi connectivity index (χ0n) is 8.48. The Morgan fingerprint density at radius 1 is 1.67 bits per heavy atom. The van der Waals surface area contributed by atoms with Crippen LogP contribution in [0.3, 0.4) is 0 Å². The second-order valence-corrected chi connectivity index (χ2v) is 3.16. The summed E-state index contributed by atoms with van der Waals surface area (Å²) in [6.45, 7) is 1.87. The van der Waals surface area contributed by atoms with E-state index >= 15 is 0 Å². The minimum absolute atomic E-state index is 0.316.